The first-order chi connectivity index (χ1) is 9.26. The van der Waals surface area contributed by atoms with Crippen LogP contribution in [0.2, 0.25) is 0 Å². The molecule has 1 rings (SSSR count). The molecule has 5 heteroatoms. The van der Waals surface area contributed by atoms with Gasteiger partial charge in [-0.15, -0.1) is 0 Å². The maximum Gasteiger partial charge on any atom is 0.254 e. The SMILES string of the molecule is Cc1cc(N)cc(C(=O)NCC(C)(C)CCCO)c1F. The molecule has 20 heavy (non-hydrogen) atoms. The largest absolute Gasteiger partial charge is 0.399 e. The lowest BCUT2D eigenvalue weighted by atomic mass is 9.88. The number of amides is 1. The fraction of sp³-hybridized carbons (Fsp3) is 0.533. The van der Waals surface area contributed by atoms with E-state index < -0.39 is 11.7 Å². The predicted octanol–water partition coefficient (Wildman–Crippen LogP) is 2.24. The van der Waals surface area contributed by atoms with Crippen LogP contribution in [0.25, 0.3) is 0 Å². The van der Waals surface area contributed by atoms with Gasteiger partial charge in [-0.05, 0) is 42.9 Å². The van der Waals surface area contributed by atoms with E-state index in [1.54, 1.807) is 6.92 Å². The Balaban J connectivity index is 2.73. The van der Waals surface area contributed by atoms with Gasteiger partial charge in [0.05, 0.1) is 5.56 Å². The Morgan fingerprint density at radius 2 is 2.10 bits per heavy atom. The zero-order valence-corrected chi connectivity index (χ0v) is 12.3. The molecular formula is C15H23FN2O2. The normalized spacial score (nSPS) is 11.4. The predicted molar refractivity (Wildman–Crippen MR) is 78.0 cm³/mol. The van der Waals surface area contributed by atoms with Gasteiger partial charge in [0.1, 0.15) is 5.82 Å². The van der Waals surface area contributed by atoms with Gasteiger partial charge in [0, 0.05) is 18.8 Å². The van der Waals surface area contributed by atoms with Crippen LogP contribution in [0.3, 0.4) is 0 Å². The number of nitrogens with one attached hydrogen (secondary N) is 1. The van der Waals surface area contributed by atoms with Crippen LogP contribution in [-0.2, 0) is 0 Å². The fourth-order valence-electron chi connectivity index (χ4n) is 2.02. The van der Waals surface area contributed by atoms with E-state index in [-0.39, 0.29) is 17.6 Å². The van der Waals surface area contributed by atoms with Crippen LogP contribution in [0.4, 0.5) is 10.1 Å². The number of aliphatic hydroxyl groups is 1. The van der Waals surface area contributed by atoms with Gasteiger partial charge in [-0.3, -0.25) is 4.79 Å². The number of hydrogen-bond donors (Lipinski definition) is 3. The zero-order valence-electron chi connectivity index (χ0n) is 12.3. The number of nitrogens with two attached hydrogens (primary N) is 1. The molecule has 112 valence electrons. The number of anilines is 1. The highest BCUT2D eigenvalue weighted by molar-refractivity contribution is 5.95. The molecule has 0 heterocycles. The molecule has 0 saturated heterocycles. The minimum atomic E-state index is -0.537. The number of carbonyl (C=O) groups excluding carboxylic acids is 1. The number of nitrogen functional groups attached to an aromatic ring is 1. The Labute approximate surface area is 119 Å². The third-order valence-corrected chi connectivity index (χ3v) is 3.26. The van der Waals surface area contributed by atoms with Crippen molar-refractivity contribution in [3.05, 3.63) is 29.1 Å². The van der Waals surface area contributed by atoms with E-state index in [0.29, 0.717) is 24.2 Å². The quantitative estimate of drug-likeness (QED) is 0.700. The highest BCUT2D eigenvalue weighted by Gasteiger charge is 2.20. The second kappa shape index (κ2) is 6.70. The first-order valence-electron chi connectivity index (χ1n) is 6.71. The monoisotopic (exact) mass is 282 g/mol. The van der Waals surface area contributed by atoms with E-state index in [9.17, 15) is 9.18 Å². The lowest BCUT2D eigenvalue weighted by Gasteiger charge is -2.24. The van der Waals surface area contributed by atoms with Crippen LogP contribution in [0.15, 0.2) is 12.1 Å². The van der Waals surface area contributed by atoms with Crippen molar-refractivity contribution in [2.75, 3.05) is 18.9 Å². The van der Waals surface area contributed by atoms with Crippen LogP contribution in [0.1, 0.15) is 42.6 Å². The van der Waals surface area contributed by atoms with Crippen molar-refractivity contribution in [2.24, 2.45) is 5.41 Å². The van der Waals surface area contributed by atoms with Gasteiger partial charge in [0.15, 0.2) is 0 Å². The Morgan fingerprint density at radius 1 is 1.45 bits per heavy atom. The van der Waals surface area contributed by atoms with Crippen LogP contribution in [0, 0.1) is 18.2 Å². The molecule has 4 N–H and O–H groups in total. The van der Waals surface area contributed by atoms with Gasteiger partial charge < -0.3 is 16.2 Å². The molecule has 0 aliphatic heterocycles. The van der Waals surface area contributed by atoms with Crippen LogP contribution >= 0.6 is 0 Å². The summed E-state index contributed by atoms with van der Waals surface area (Å²) in [5.41, 5.74) is 6.19. The van der Waals surface area contributed by atoms with Crippen molar-refractivity contribution >= 4 is 11.6 Å². The van der Waals surface area contributed by atoms with E-state index >= 15 is 0 Å². The molecule has 0 radical (unpaired) electrons. The lowest BCUT2D eigenvalue weighted by Crippen LogP contribution is -2.34. The van der Waals surface area contributed by atoms with Crippen molar-refractivity contribution in [3.63, 3.8) is 0 Å². The van der Waals surface area contributed by atoms with Crippen molar-refractivity contribution in [3.8, 4) is 0 Å². The van der Waals surface area contributed by atoms with E-state index in [1.807, 2.05) is 13.8 Å². The average Bonchev–Trinajstić information content (AvgIpc) is 2.38. The highest BCUT2D eigenvalue weighted by atomic mass is 19.1. The molecule has 1 aromatic carbocycles. The summed E-state index contributed by atoms with van der Waals surface area (Å²) in [5, 5.41) is 11.6. The van der Waals surface area contributed by atoms with E-state index in [0.717, 1.165) is 6.42 Å². The number of rotatable bonds is 6. The fourth-order valence-corrected chi connectivity index (χ4v) is 2.02. The van der Waals surface area contributed by atoms with E-state index in [1.165, 1.54) is 12.1 Å². The third-order valence-electron chi connectivity index (χ3n) is 3.26. The van der Waals surface area contributed by atoms with E-state index in [4.69, 9.17) is 10.8 Å². The number of hydrogen-bond acceptors (Lipinski definition) is 3. The summed E-state index contributed by atoms with van der Waals surface area (Å²) in [6, 6.07) is 2.84. The maximum absolute atomic E-state index is 13.9. The second-order valence-corrected chi connectivity index (χ2v) is 5.87. The van der Waals surface area contributed by atoms with Crippen LogP contribution in [0.5, 0.6) is 0 Å². The van der Waals surface area contributed by atoms with Crippen LogP contribution in [-0.4, -0.2) is 24.2 Å². The average molecular weight is 282 g/mol. The minimum Gasteiger partial charge on any atom is -0.399 e. The van der Waals surface area contributed by atoms with E-state index in [2.05, 4.69) is 5.32 Å². The number of aryl methyl sites for hydroxylation is 1. The van der Waals surface area contributed by atoms with Gasteiger partial charge in [-0.2, -0.15) is 0 Å². The summed E-state index contributed by atoms with van der Waals surface area (Å²) in [7, 11) is 0. The van der Waals surface area contributed by atoms with Gasteiger partial charge in [0.25, 0.3) is 5.91 Å². The van der Waals surface area contributed by atoms with Crippen molar-refractivity contribution in [2.45, 2.75) is 33.6 Å². The first kappa shape index (κ1) is 16.4. The smallest absolute Gasteiger partial charge is 0.254 e. The molecular weight excluding hydrogens is 259 g/mol. The Morgan fingerprint density at radius 3 is 2.70 bits per heavy atom. The summed E-state index contributed by atoms with van der Waals surface area (Å²) < 4.78 is 13.9. The standard InChI is InChI=1S/C15H23FN2O2/c1-10-7-11(17)8-12(13(10)16)14(20)18-9-15(2,3)5-4-6-19/h7-8,19H,4-6,9,17H2,1-3H3,(H,18,20). The number of halogens is 1. The second-order valence-electron chi connectivity index (χ2n) is 5.87. The summed E-state index contributed by atoms with van der Waals surface area (Å²) in [6.07, 6.45) is 1.46. The van der Waals surface area contributed by atoms with Gasteiger partial charge >= 0.3 is 0 Å². The molecule has 0 spiro atoms. The third kappa shape index (κ3) is 4.49. The van der Waals surface area contributed by atoms with Crippen molar-refractivity contribution < 1.29 is 14.3 Å². The Bertz CT molecular complexity index is 487. The Kier molecular flexibility index (Phi) is 5.51. The summed E-state index contributed by atoms with van der Waals surface area (Å²) in [6.45, 7) is 6.10. The molecule has 0 fully saturated rings. The zero-order chi connectivity index (χ0) is 15.3. The minimum absolute atomic E-state index is 0.0274. The van der Waals surface area contributed by atoms with Crippen LogP contribution < -0.4 is 11.1 Å². The molecule has 0 atom stereocenters. The van der Waals surface area contributed by atoms with Crippen molar-refractivity contribution in [1.82, 2.24) is 5.32 Å². The highest BCUT2D eigenvalue weighted by Crippen LogP contribution is 2.22. The molecule has 0 saturated carbocycles. The molecule has 4 nitrogen and oxygen atoms in total. The summed E-state index contributed by atoms with van der Waals surface area (Å²) in [5.74, 6) is -1.00. The Hall–Kier alpha value is -1.62. The number of benzene rings is 1. The molecule has 1 aromatic rings. The molecule has 0 unspecified atom stereocenters. The lowest BCUT2D eigenvalue weighted by molar-refractivity contribution is 0.0928. The summed E-state index contributed by atoms with van der Waals surface area (Å²) in [4.78, 5) is 12.0. The van der Waals surface area contributed by atoms with Gasteiger partial charge in [0.2, 0.25) is 0 Å². The first-order valence-corrected chi connectivity index (χ1v) is 6.71. The maximum atomic E-state index is 13.9. The molecule has 1 amide bonds. The molecule has 0 aliphatic carbocycles. The number of aliphatic hydroxyl groups excluding tert-OH is 1. The molecule has 0 aromatic heterocycles. The molecule has 0 bridgehead atoms. The number of carbonyl (C=O) groups is 1. The molecule has 0 aliphatic rings. The topological polar surface area (TPSA) is 75.4 Å². The van der Waals surface area contributed by atoms with Gasteiger partial charge in [-0.1, -0.05) is 13.8 Å². The van der Waals surface area contributed by atoms with Crippen molar-refractivity contribution in [1.29, 1.82) is 0 Å². The summed E-state index contributed by atoms with van der Waals surface area (Å²) >= 11 is 0. The van der Waals surface area contributed by atoms with Gasteiger partial charge in [-0.25, -0.2) is 4.39 Å².